The van der Waals surface area contributed by atoms with Gasteiger partial charge in [0.05, 0.1) is 10.2 Å². The van der Waals surface area contributed by atoms with E-state index < -0.39 is 5.82 Å². The van der Waals surface area contributed by atoms with Crippen molar-refractivity contribution in [2.24, 2.45) is 7.05 Å². The van der Waals surface area contributed by atoms with Crippen LogP contribution in [0, 0.1) is 17.7 Å². The number of rotatable bonds is 3. The topological polar surface area (TPSA) is 31.2 Å². The summed E-state index contributed by atoms with van der Waals surface area (Å²) < 4.78 is 21.3. The van der Waals surface area contributed by atoms with Gasteiger partial charge in [-0.25, -0.2) is 4.39 Å². The van der Waals surface area contributed by atoms with Crippen LogP contribution in [0.4, 0.5) is 4.39 Å². The molecule has 0 aliphatic rings. The van der Waals surface area contributed by atoms with Crippen LogP contribution in [-0.4, -0.2) is 11.2 Å². The van der Waals surface area contributed by atoms with Gasteiger partial charge in [-0.1, -0.05) is 5.92 Å². The maximum atomic E-state index is 14.2. The van der Waals surface area contributed by atoms with Crippen LogP contribution in [0.15, 0.2) is 39.6 Å². The predicted molar refractivity (Wildman–Crippen MR) is 83.7 cm³/mol. The molecule has 5 heteroatoms. The zero-order valence-electron chi connectivity index (χ0n) is 11.6. The Morgan fingerprint density at radius 1 is 1.33 bits per heavy atom. The van der Waals surface area contributed by atoms with E-state index in [1.54, 1.807) is 38.2 Å². The summed E-state index contributed by atoms with van der Waals surface area (Å²) in [5.74, 6) is 5.39. The Morgan fingerprint density at radius 3 is 2.76 bits per heavy atom. The lowest BCUT2D eigenvalue weighted by Gasteiger charge is -2.11. The van der Waals surface area contributed by atoms with Crippen molar-refractivity contribution in [1.29, 1.82) is 0 Å². The van der Waals surface area contributed by atoms with Gasteiger partial charge in [-0.05, 0) is 47.1 Å². The smallest absolute Gasteiger partial charge is 0.265 e. The van der Waals surface area contributed by atoms with E-state index in [1.165, 1.54) is 10.6 Å². The minimum Gasteiger partial charge on any atom is -0.481 e. The molecule has 2 aromatic rings. The highest BCUT2D eigenvalue weighted by atomic mass is 79.9. The summed E-state index contributed by atoms with van der Waals surface area (Å²) in [4.78, 5) is 11.9. The first-order chi connectivity index (χ1) is 10.0. The number of hydrogen-bond donors (Lipinski definition) is 0. The van der Waals surface area contributed by atoms with Gasteiger partial charge in [0.1, 0.15) is 18.2 Å². The third kappa shape index (κ3) is 3.34. The molecule has 2 rings (SSSR count). The zero-order chi connectivity index (χ0) is 15.4. The minimum atomic E-state index is -0.450. The Bertz CT molecular complexity index is 787. The third-order valence-electron chi connectivity index (χ3n) is 2.96. The summed E-state index contributed by atoms with van der Waals surface area (Å²) in [6, 6.07) is 7.83. The summed E-state index contributed by atoms with van der Waals surface area (Å²) in [6.07, 6.45) is 0. The quantitative estimate of drug-likeness (QED) is 0.795. The Kier molecular flexibility index (Phi) is 4.81. The summed E-state index contributed by atoms with van der Waals surface area (Å²) in [5, 5.41) is 0. The standard InChI is InChI=1S/C16H13BrFNO2/c1-3-4-9-21-11-5-6-12(14(18)10-11)15-8-7-13(17)16(20)19(15)2/h5-8,10H,9H2,1-2H3. The minimum absolute atomic E-state index is 0.214. The fourth-order valence-corrected chi connectivity index (χ4v) is 2.26. The van der Waals surface area contributed by atoms with Crippen molar-refractivity contribution >= 4 is 15.9 Å². The van der Waals surface area contributed by atoms with Gasteiger partial charge < -0.3 is 9.30 Å². The monoisotopic (exact) mass is 349 g/mol. The van der Waals surface area contributed by atoms with E-state index in [0.29, 0.717) is 21.5 Å². The average molecular weight is 350 g/mol. The van der Waals surface area contributed by atoms with Gasteiger partial charge in [-0.15, -0.1) is 5.92 Å². The molecule has 0 saturated heterocycles. The predicted octanol–water partition coefficient (Wildman–Crippen LogP) is 3.36. The van der Waals surface area contributed by atoms with Crippen molar-refractivity contribution < 1.29 is 9.13 Å². The van der Waals surface area contributed by atoms with Crippen LogP contribution in [0.1, 0.15) is 6.92 Å². The molecule has 0 bridgehead atoms. The second kappa shape index (κ2) is 6.59. The summed E-state index contributed by atoms with van der Waals surface area (Å²) in [6.45, 7) is 1.92. The zero-order valence-corrected chi connectivity index (χ0v) is 13.2. The van der Waals surface area contributed by atoms with Crippen molar-refractivity contribution in [1.82, 2.24) is 4.57 Å². The number of ether oxygens (including phenoxy) is 1. The van der Waals surface area contributed by atoms with E-state index in [4.69, 9.17) is 4.74 Å². The first-order valence-corrected chi connectivity index (χ1v) is 7.01. The molecule has 0 aliphatic carbocycles. The molecule has 0 spiro atoms. The molecule has 0 radical (unpaired) electrons. The average Bonchev–Trinajstić information content (AvgIpc) is 2.46. The first kappa shape index (κ1) is 15.3. The van der Waals surface area contributed by atoms with Crippen molar-refractivity contribution in [2.75, 3.05) is 6.61 Å². The number of nitrogens with zero attached hydrogens (tertiary/aromatic N) is 1. The lowest BCUT2D eigenvalue weighted by atomic mass is 10.1. The van der Waals surface area contributed by atoms with Crippen LogP contribution in [0.25, 0.3) is 11.3 Å². The number of aromatic nitrogens is 1. The summed E-state index contributed by atoms with van der Waals surface area (Å²) >= 11 is 3.16. The van der Waals surface area contributed by atoms with E-state index in [1.807, 2.05) is 0 Å². The molecule has 3 nitrogen and oxygen atoms in total. The fourth-order valence-electron chi connectivity index (χ4n) is 1.86. The van der Waals surface area contributed by atoms with Gasteiger partial charge in [0.25, 0.3) is 5.56 Å². The molecule has 0 fully saturated rings. The highest BCUT2D eigenvalue weighted by molar-refractivity contribution is 9.10. The molecular weight excluding hydrogens is 337 g/mol. The first-order valence-electron chi connectivity index (χ1n) is 6.22. The Hall–Kier alpha value is -2.06. The molecule has 21 heavy (non-hydrogen) atoms. The van der Waals surface area contributed by atoms with Gasteiger partial charge in [0.2, 0.25) is 0 Å². The summed E-state index contributed by atoms with van der Waals surface area (Å²) in [7, 11) is 1.60. The lowest BCUT2D eigenvalue weighted by molar-refractivity contribution is 0.368. The van der Waals surface area contributed by atoms with Gasteiger partial charge >= 0.3 is 0 Å². The summed E-state index contributed by atoms with van der Waals surface area (Å²) in [5.41, 5.74) is 0.627. The molecule has 0 aliphatic heterocycles. The molecule has 0 amide bonds. The highest BCUT2D eigenvalue weighted by Gasteiger charge is 2.11. The van der Waals surface area contributed by atoms with Crippen LogP contribution in [-0.2, 0) is 7.05 Å². The van der Waals surface area contributed by atoms with Crippen molar-refractivity contribution in [3.05, 3.63) is 51.0 Å². The largest absolute Gasteiger partial charge is 0.481 e. The third-order valence-corrected chi connectivity index (χ3v) is 3.57. The fraction of sp³-hybridized carbons (Fsp3) is 0.188. The van der Waals surface area contributed by atoms with Crippen LogP contribution in [0.2, 0.25) is 0 Å². The van der Waals surface area contributed by atoms with E-state index in [2.05, 4.69) is 27.8 Å². The van der Waals surface area contributed by atoms with Crippen LogP contribution < -0.4 is 10.3 Å². The second-order valence-corrected chi connectivity index (χ2v) is 5.14. The Morgan fingerprint density at radius 2 is 2.10 bits per heavy atom. The molecule has 0 N–H and O–H groups in total. The van der Waals surface area contributed by atoms with Gasteiger partial charge in [-0.3, -0.25) is 4.79 Å². The van der Waals surface area contributed by atoms with E-state index in [-0.39, 0.29) is 12.2 Å². The van der Waals surface area contributed by atoms with Crippen LogP contribution >= 0.6 is 15.9 Å². The normalized spacial score (nSPS) is 9.90. The molecule has 1 aromatic carbocycles. The van der Waals surface area contributed by atoms with Gasteiger partial charge in [0.15, 0.2) is 0 Å². The molecule has 0 atom stereocenters. The molecule has 0 unspecified atom stereocenters. The van der Waals surface area contributed by atoms with Gasteiger partial charge in [-0.2, -0.15) is 0 Å². The highest BCUT2D eigenvalue weighted by Crippen LogP contribution is 2.25. The molecule has 108 valence electrons. The van der Waals surface area contributed by atoms with E-state index in [0.717, 1.165) is 0 Å². The maximum Gasteiger partial charge on any atom is 0.265 e. The molecule has 1 aromatic heterocycles. The van der Waals surface area contributed by atoms with Gasteiger partial charge in [0, 0.05) is 18.7 Å². The molecule has 0 saturated carbocycles. The van der Waals surface area contributed by atoms with E-state index in [9.17, 15) is 9.18 Å². The van der Waals surface area contributed by atoms with Crippen LogP contribution in [0.3, 0.4) is 0 Å². The lowest BCUT2D eigenvalue weighted by Crippen LogP contribution is -2.18. The maximum absolute atomic E-state index is 14.2. The number of halogens is 2. The molecular formula is C16H13BrFNO2. The Balaban J connectivity index is 2.39. The van der Waals surface area contributed by atoms with E-state index >= 15 is 0 Å². The van der Waals surface area contributed by atoms with Crippen molar-refractivity contribution in [3.63, 3.8) is 0 Å². The number of benzene rings is 1. The SMILES string of the molecule is CC#CCOc1ccc(-c2ccc(Br)c(=O)n2C)c(F)c1. The molecule has 1 heterocycles. The number of pyridine rings is 1. The second-order valence-electron chi connectivity index (χ2n) is 4.29. The van der Waals surface area contributed by atoms with Crippen molar-refractivity contribution in [3.8, 4) is 28.8 Å². The van der Waals surface area contributed by atoms with Crippen molar-refractivity contribution in [2.45, 2.75) is 6.92 Å². The number of hydrogen-bond acceptors (Lipinski definition) is 2. The van der Waals surface area contributed by atoms with Crippen LogP contribution in [0.5, 0.6) is 5.75 Å². The Labute approximate surface area is 130 Å².